The SMILES string of the molecule is CC(C)(C)OCC(O)CNCCc1cccc(F)c1. The van der Waals surface area contributed by atoms with Crippen molar-refractivity contribution in [1.29, 1.82) is 0 Å². The molecule has 0 radical (unpaired) electrons. The molecule has 1 aromatic rings. The van der Waals surface area contributed by atoms with Gasteiger partial charge in [-0.15, -0.1) is 0 Å². The molecule has 0 amide bonds. The zero-order chi connectivity index (χ0) is 14.3. The van der Waals surface area contributed by atoms with E-state index in [0.29, 0.717) is 19.7 Å². The molecule has 1 rings (SSSR count). The van der Waals surface area contributed by atoms with Crippen LogP contribution in [-0.4, -0.2) is 36.5 Å². The van der Waals surface area contributed by atoms with E-state index < -0.39 is 6.10 Å². The van der Waals surface area contributed by atoms with Gasteiger partial charge in [-0.1, -0.05) is 12.1 Å². The van der Waals surface area contributed by atoms with Crippen LogP contribution < -0.4 is 5.32 Å². The molecule has 1 atom stereocenters. The van der Waals surface area contributed by atoms with Gasteiger partial charge in [0.25, 0.3) is 0 Å². The number of aliphatic hydroxyl groups is 1. The Balaban J connectivity index is 2.13. The van der Waals surface area contributed by atoms with E-state index in [2.05, 4.69) is 5.32 Å². The van der Waals surface area contributed by atoms with Crippen LogP contribution in [0.15, 0.2) is 24.3 Å². The average molecular weight is 269 g/mol. The Morgan fingerprint density at radius 1 is 1.37 bits per heavy atom. The van der Waals surface area contributed by atoms with Gasteiger partial charge in [-0.2, -0.15) is 0 Å². The van der Waals surface area contributed by atoms with Gasteiger partial charge in [0, 0.05) is 6.54 Å². The standard InChI is InChI=1S/C15H24FNO2/c1-15(2,3)19-11-14(18)10-17-8-7-12-5-4-6-13(16)9-12/h4-6,9,14,17-18H,7-8,10-11H2,1-3H3. The minimum absolute atomic E-state index is 0.212. The molecule has 19 heavy (non-hydrogen) atoms. The van der Waals surface area contributed by atoms with Crippen LogP contribution in [0.25, 0.3) is 0 Å². The highest BCUT2D eigenvalue weighted by atomic mass is 19.1. The number of halogens is 1. The summed E-state index contributed by atoms with van der Waals surface area (Å²) in [5, 5.41) is 12.8. The summed E-state index contributed by atoms with van der Waals surface area (Å²) < 4.78 is 18.4. The lowest BCUT2D eigenvalue weighted by Gasteiger charge is -2.22. The normalized spacial score (nSPS) is 13.5. The number of nitrogens with one attached hydrogen (secondary N) is 1. The van der Waals surface area contributed by atoms with E-state index in [1.54, 1.807) is 6.07 Å². The molecule has 0 aliphatic rings. The highest BCUT2D eigenvalue weighted by Gasteiger charge is 2.13. The minimum atomic E-state index is -0.522. The maximum Gasteiger partial charge on any atom is 0.123 e. The van der Waals surface area contributed by atoms with E-state index in [0.717, 1.165) is 12.0 Å². The molecule has 0 saturated carbocycles. The first-order chi connectivity index (χ1) is 8.87. The number of aliphatic hydroxyl groups excluding tert-OH is 1. The van der Waals surface area contributed by atoms with Crippen LogP contribution >= 0.6 is 0 Å². The summed E-state index contributed by atoms with van der Waals surface area (Å²) in [6.07, 6.45) is 0.219. The van der Waals surface area contributed by atoms with Crippen LogP contribution in [0.1, 0.15) is 26.3 Å². The van der Waals surface area contributed by atoms with E-state index in [1.807, 2.05) is 26.8 Å². The zero-order valence-corrected chi connectivity index (χ0v) is 11.9. The number of rotatable bonds is 7. The van der Waals surface area contributed by atoms with Gasteiger partial charge in [-0.05, 0) is 51.4 Å². The van der Waals surface area contributed by atoms with Gasteiger partial charge in [-0.25, -0.2) is 4.39 Å². The third kappa shape index (κ3) is 7.93. The highest BCUT2D eigenvalue weighted by Crippen LogP contribution is 2.07. The van der Waals surface area contributed by atoms with Gasteiger partial charge >= 0.3 is 0 Å². The zero-order valence-electron chi connectivity index (χ0n) is 11.9. The Kier molecular flexibility index (Phi) is 6.42. The second-order valence-corrected chi connectivity index (χ2v) is 5.66. The first-order valence-electron chi connectivity index (χ1n) is 6.64. The van der Waals surface area contributed by atoms with Crippen molar-refractivity contribution >= 4 is 0 Å². The predicted octanol–water partition coefficient (Wildman–Crippen LogP) is 2.13. The minimum Gasteiger partial charge on any atom is -0.389 e. The molecule has 0 aromatic heterocycles. The van der Waals surface area contributed by atoms with E-state index in [4.69, 9.17) is 4.74 Å². The molecular formula is C15H24FNO2. The quantitative estimate of drug-likeness (QED) is 0.745. The third-order valence-corrected chi connectivity index (χ3v) is 2.57. The Labute approximate surface area is 114 Å². The third-order valence-electron chi connectivity index (χ3n) is 2.57. The summed E-state index contributed by atoms with van der Waals surface area (Å²) in [6.45, 7) is 7.36. The van der Waals surface area contributed by atoms with Crippen molar-refractivity contribution < 1.29 is 14.2 Å². The van der Waals surface area contributed by atoms with Crippen molar-refractivity contribution in [2.45, 2.75) is 38.9 Å². The van der Waals surface area contributed by atoms with Crippen LogP contribution in [0.5, 0.6) is 0 Å². The highest BCUT2D eigenvalue weighted by molar-refractivity contribution is 5.16. The van der Waals surface area contributed by atoms with Gasteiger partial charge in [-0.3, -0.25) is 0 Å². The number of hydrogen-bond acceptors (Lipinski definition) is 3. The fourth-order valence-corrected chi connectivity index (χ4v) is 1.60. The Morgan fingerprint density at radius 3 is 2.74 bits per heavy atom. The van der Waals surface area contributed by atoms with Gasteiger partial charge in [0.2, 0.25) is 0 Å². The van der Waals surface area contributed by atoms with Crippen LogP contribution in [0.4, 0.5) is 4.39 Å². The van der Waals surface area contributed by atoms with E-state index >= 15 is 0 Å². The lowest BCUT2D eigenvalue weighted by Crippen LogP contribution is -2.34. The summed E-state index contributed by atoms with van der Waals surface area (Å²) >= 11 is 0. The molecule has 0 aliphatic heterocycles. The molecule has 1 unspecified atom stereocenters. The fraction of sp³-hybridized carbons (Fsp3) is 0.600. The second kappa shape index (κ2) is 7.58. The number of hydrogen-bond donors (Lipinski definition) is 2. The summed E-state index contributed by atoms with van der Waals surface area (Å²) in [5.74, 6) is -0.212. The van der Waals surface area contributed by atoms with Crippen molar-refractivity contribution in [2.24, 2.45) is 0 Å². The molecule has 0 heterocycles. The first kappa shape index (κ1) is 16.1. The van der Waals surface area contributed by atoms with E-state index in [9.17, 15) is 9.50 Å². The van der Waals surface area contributed by atoms with Crippen LogP contribution in [0.2, 0.25) is 0 Å². The molecule has 1 aromatic carbocycles. The molecule has 0 aliphatic carbocycles. The maximum atomic E-state index is 12.9. The van der Waals surface area contributed by atoms with Crippen molar-refractivity contribution in [1.82, 2.24) is 5.32 Å². The summed E-state index contributed by atoms with van der Waals surface area (Å²) in [6, 6.07) is 6.56. The molecule has 0 spiro atoms. The Hall–Kier alpha value is -0.970. The van der Waals surface area contributed by atoms with Crippen LogP contribution in [0.3, 0.4) is 0 Å². The first-order valence-corrected chi connectivity index (χ1v) is 6.64. The second-order valence-electron chi connectivity index (χ2n) is 5.66. The van der Waals surface area contributed by atoms with Crippen molar-refractivity contribution in [3.8, 4) is 0 Å². The van der Waals surface area contributed by atoms with E-state index in [1.165, 1.54) is 12.1 Å². The topological polar surface area (TPSA) is 41.5 Å². The van der Waals surface area contributed by atoms with E-state index in [-0.39, 0.29) is 11.4 Å². The Bertz CT molecular complexity index is 377. The number of ether oxygens (including phenoxy) is 1. The van der Waals surface area contributed by atoms with Crippen LogP contribution in [-0.2, 0) is 11.2 Å². The molecule has 2 N–H and O–H groups in total. The lowest BCUT2D eigenvalue weighted by molar-refractivity contribution is -0.0477. The maximum absolute atomic E-state index is 12.9. The lowest BCUT2D eigenvalue weighted by atomic mass is 10.1. The summed E-state index contributed by atoms with van der Waals surface area (Å²) in [5.41, 5.74) is 0.718. The smallest absolute Gasteiger partial charge is 0.123 e. The average Bonchev–Trinajstić information content (AvgIpc) is 2.31. The molecule has 0 fully saturated rings. The van der Waals surface area contributed by atoms with Gasteiger partial charge in [0.15, 0.2) is 0 Å². The van der Waals surface area contributed by atoms with Crippen LogP contribution in [0, 0.1) is 5.82 Å². The molecule has 3 nitrogen and oxygen atoms in total. The monoisotopic (exact) mass is 269 g/mol. The Morgan fingerprint density at radius 2 is 2.11 bits per heavy atom. The van der Waals surface area contributed by atoms with Gasteiger partial charge in [0.1, 0.15) is 5.82 Å². The summed E-state index contributed by atoms with van der Waals surface area (Å²) in [4.78, 5) is 0. The molecule has 0 bridgehead atoms. The summed E-state index contributed by atoms with van der Waals surface area (Å²) in [7, 11) is 0. The molecule has 108 valence electrons. The fourth-order valence-electron chi connectivity index (χ4n) is 1.60. The van der Waals surface area contributed by atoms with Crippen molar-refractivity contribution in [3.05, 3.63) is 35.6 Å². The molecular weight excluding hydrogens is 245 g/mol. The van der Waals surface area contributed by atoms with Crippen molar-refractivity contribution in [2.75, 3.05) is 19.7 Å². The van der Waals surface area contributed by atoms with Gasteiger partial charge < -0.3 is 15.2 Å². The van der Waals surface area contributed by atoms with Crippen molar-refractivity contribution in [3.63, 3.8) is 0 Å². The molecule has 0 saturated heterocycles. The largest absolute Gasteiger partial charge is 0.389 e. The van der Waals surface area contributed by atoms with Gasteiger partial charge in [0.05, 0.1) is 18.3 Å². The molecule has 4 heteroatoms. The number of benzene rings is 1. The predicted molar refractivity (Wildman–Crippen MR) is 74.7 cm³/mol.